The maximum absolute atomic E-state index is 12.4. The Hall–Kier alpha value is -4.05. The molecule has 1 aliphatic rings. The summed E-state index contributed by atoms with van der Waals surface area (Å²) < 4.78 is 14.9. The van der Waals surface area contributed by atoms with Crippen molar-refractivity contribution in [1.29, 1.82) is 0 Å². The molecule has 0 aromatic carbocycles. The van der Waals surface area contributed by atoms with Crippen LogP contribution in [0.15, 0.2) is 35.1 Å². The zero-order chi connectivity index (χ0) is 25.8. The molecule has 1 fully saturated rings. The van der Waals surface area contributed by atoms with Crippen molar-refractivity contribution in [2.24, 2.45) is 13.0 Å². The van der Waals surface area contributed by atoms with E-state index in [4.69, 9.17) is 19.2 Å². The van der Waals surface area contributed by atoms with Gasteiger partial charge in [-0.05, 0) is 57.2 Å². The van der Waals surface area contributed by atoms with Gasteiger partial charge in [-0.3, -0.25) is 14.6 Å². The average Bonchev–Trinajstić information content (AvgIpc) is 3.52. The first kappa shape index (κ1) is 23.4. The number of fused-ring (bicyclic) bond motifs is 3. The van der Waals surface area contributed by atoms with E-state index < -0.39 is 5.97 Å². The van der Waals surface area contributed by atoms with Gasteiger partial charge in [0.05, 0.1) is 22.9 Å². The van der Waals surface area contributed by atoms with Crippen molar-refractivity contribution in [3.05, 3.63) is 59.0 Å². The van der Waals surface area contributed by atoms with Gasteiger partial charge in [0.15, 0.2) is 5.69 Å². The fraction of sp³-hybridized carbons (Fsp3) is 0.370. The molecule has 1 saturated heterocycles. The molecule has 0 spiro atoms. The number of carbonyl (C=O) groups is 1. The Balaban J connectivity index is 1.74. The number of nitrogens with zero attached hydrogens (tertiary/aromatic N) is 6. The molecule has 0 amide bonds. The molecule has 1 N–H and O–H groups in total. The summed E-state index contributed by atoms with van der Waals surface area (Å²) in [7, 11) is 1.76. The van der Waals surface area contributed by atoms with E-state index in [1.165, 1.54) is 0 Å². The van der Waals surface area contributed by atoms with E-state index in [1.807, 2.05) is 32.9 Å². The van der Waals surface area contributed by atoms with Gasteiger partial charge in [-0.25, -0.2) is 4.79 Å². The standard InChI is InChI=1S/C27H28N6O4/c1-14-6-5-9-28-21(14)24(17-7-10-36-11-8-17)33-19-12-18(20-15(2)31-37-16(20)3)13-29-22(19)25-26(33)23(27(34)35)30-32(25)4/h5-6,9,12-13,17,24H,7-8,10-11H2,1-4H3,(H,34,35). The van der Waals surface area contributed by atoms with E-state index in [1.54, 1.807) is 24.1 Å². The molecule has 5 aromatic rings. The summed E-state index contributed by atoms with van der Waals surface area (Å²) in [5, 5.41) is 18.7. The van der Waals surface area contributed by atoms with Crippen LogP contribution in [0, 0.1) is 26.7 Å². The molecular weight excluding hydrogens is 472 g/mol. The van der Waals surface area contributed by atoms with Crippen molar-refractivity contribution in [3.63, 3.8) is 0 Å². The highest BCUT2D eigenvalue weighted by Gasteiger charge is 2.35. The fourth-order valence-electron chi connectivity index (χ4n) is 5.81. The smallest absolute Gasteiger partial charge is 0.358 e. The molecule has 1 unspecified atom stereocenters. The lowest BCUT2D eigenvalue weighted by Crippen LogP contribution is -2.28. The quantitative estimate of drug-likeness (QED) is 0.371. The summed E-state index contributed by atoms with van der Waals surface area (Å²) in [6, 6.07) is 5.80. The van der Waals surface area contributed by atoms with Crippen LogP contribution in [0.1, 0.15) is 52.1 Å². The van der Waals surface area contributed by atoms with Crippen LogP contribution in [0.2, 0.25) is 0 Å². The van der Waals surface area contributed by atoms with E-state index in [-0.39, 0.29) is 17.7 Å². The highest BCUT2D eigenvalue weighted by Crippen LogP contribution is 2.42. The molecule has 6 heterocycles. The van der Waals surface area contributed by atoms with Crippen LogP contribution in [0.5, 0.6) is 0 Å². The molecule has 190 valence electrons. The second kappa shape index (κ2) is 8.81. The monoisotopic (exact) mass is 500 g/mol. The minimum atomic E-state index is -1.08. The Bertz CT molecular complexity index is 1640. The third-order valence-electron chi connectivity index (χ3n) is 7.46. The first-order valence-electron chi connectivity index (χ1n) is 12.4. The van der Waals surface area contributed by atoms with E-state index >= 15 is 0 Å². The molecule has 0 radical (unpaired) electrons. The first-order chi connectivity index (χ1) is 17.9. The van der Waals surface area contributed by atoms with Gasteiger partial charge in [-0.1, -0.05) is 11.2 Å². The Labute approximate surface area is 212 Å². The Kier molecular flexibility index (Phi) is 5.56. The van der Waals surface area contributed by atoms with Crippen LogP contribution in [-0.2, 0) is 11.8 Å². The van der Waals surface area contributed by atoms with Crippen molar-refractivity contribution < 1.29 is 19.2 Å². The second-order valence-electron chi connectivity index (χ2n) is 9.74. The predicted molar refractivity (Wildman–Crippen MR) is 137 cm³/mol. The molecule has 0 aliphatic carbocycles. The van der Waals surface area contributed by atoms with Gasteiger partial charge < -0.3 is 18.9 Å². The van der Waals surface area contributed by atoms with Gasteiger partial charge in [0.2, 0.25) is 0 Å². The molecule has 37 heavy (non-hydrogen) atoms. The minimum absolute atomic E-state index is 0.0000301. The van der Waals surface area contributed by atoms with Gasteiger partial charge in [0, 0.05) is 43.8 Å². The van der Waals surface area contributed by atoms with E-state index in [0.717, 1.165) is 46.4 Å². The number of aromatic nitrogens is 6. The number of aryl methyl sites for hydroxylation is 4. The van der Waals surface area contributed by atoms with E-state index in [9.17, 15) is 9.90 Å². The molecular formula is C27H28N6O4. The van der Waals surface area contributed by atoms with Crippen LogP contribution in [0.4, 0.5) is 0 Å². The number of hydrogen-bond donors (Lipinski definition) is 1. The van der Waals surface area contributed by atoms with Crippen LogP contribution in [0.25, 0.3) is 33.2 Å². The second-order valence-corrected chi connectivity index (χ2v) is 9.74. The summed E-state index contributed by atoms with van der Waals surface area (Å²) in [6.45, 7) is 7.13. The lowest BCUT2D eigenvalue weighted by atomic mass is 9.87. The Morgan fingerprint density at radius 3 is 2.62 bits per heavy atom. The molecule has 6 rings (SSSR count). The normalized spacial score (nSPS) is 15.6. The topological polar surface area (TPSA) is 121 Å². The van der Waals surface area contributed by atoms with Crippen molar-refractivity contribution >= 4 is 28.0 Å². The zero-order valence-corrected chi connectivity index (χ0v) is 21.2. The van der Waals surface area contributed by atoms with Crippen molar-refractivity contribution in [3.8, 4) is 11.1 Å². The zero-order valence-electron chi connectivity index (χ0n) is 21.2. The number of ether oxygens (including phenoxy) is 1. The fourth-order valence-corrected chi connectivity index (χ4v) is 5.81. The average molecular weight is 501 g/mol. The lowest BCUT2D eigenvalue weighted by molar-refractivity contribution is 0.0545. The highest BCUT2D eigenvalue weighted by molar-refractivity contribution is 6.11. The summed E-state index contributed by atoms with van der Waals surface area (Å²) in [5.41, 5.74) is 7.23. The Morgan fingerprint density at radius 2 is 1.95 bits per heavy atom. The van der Waals surface area contributed by atoms with Gasteiger partial charge in [0.1, 0.15) is 22.3 Å². The van der Waals surface area contributed by atoms with Crippen LogP contribution < -0.4 is 0 Å². The number of hydrogen-bond acceptors (Lipinski definition) is 7. The molecule has 1 aliphatic heterocycles. The van der Waals surface area contributed by atoms with Crippen LogP contribution in [0.3, 0.4) is 0 Å². The third-order valence-corrected chi connectivity index (χ3v) is 7.46. The summed E-state index contributed by atoms with van der Waals surface area (Å²) >= 11 is 0. The minimum Gasteiger partial charge on any atom is -0.476 e. The van der Waals surface area contributed by atoms with Crippen molar-refractivity contribution in [1.82, 2.24) is 29.5 Å². The number of aromatic carboxylic acids is 1. The molecule has 10 nitrogen and oxygen atoms in total. The molecule has 0 saturated carbocycles. The number of carboxylic acid groups (broad SMARTS) is 1. The number of rotatable bonds is 5. The molecule has 5 aromatic heterocycles. The molecule has 10 heteroatoms. The third kappa shape index (κ3) is 3.62. The summed E-state index contributed by atoms with van der Waals surface area (Å²) in [4.78, 5) is 22.1. The molecule has 1 atom stereocenters. The largest absolute Gasteiger partial charge is 0.476 e. The van der Waals surface area contributed by atoms with Gasteiger partial charge >= 0.3 is 5.97 Å². The lowest BCUT2D eigenvalue weighted by Gasteiger charge is -2.33. The maximum atomic E-state index is 12.4. The Morgan fingerprint density at radius 1 is 1.16 bits per heavy atom. The predicted octanol–water partition coefficient (Wildman–Crippen LogP) is 4.61. The van der Waals surface area contributed by atoms with E-state index in [0.29, 0.717) is 35.5 Å². The highest BCUT2D eigenvalue weighted by atomic mass is 16.5. The number of pyridine rings is 2. The maximum Gasteiger partial charge on any atom is 0.358 e. The molecule has 0 bridgehead atoms. The first-order valence-corrected chi connectivity index (χ1v) is 12.4. The van der Waals surface area contributed by atoms with E-state index in [2.05, 4.69) is 20.9 Å². The summed E-state index contributed by atoms with van der Waals surface area (Å²) in [6.07, 6.45) is 5.26. The summed E-state index contributed by atoms with van der Waals surface area (Å²) in [5.74, 6) is -0.189. The van der Waals surface area contributed by atoms with Gasteiger partial charge in [0.25, 0.3) is 0 Å². The van der Waals surface area contributed by atoms with Crippen LogP contribution >= 0.6 is 0 Å². The SMILES string of the molecule is Cc1cccnc1C(C1CCOCC1)n1c2cc(-c3c(C)noc3C)cnc2c2c1c(C(=O)O)nn2C. The van der Waals surface area contributed by atoms with Crippen molar-refractivity contribution in [2.75, 3.05) is 13.2 Å². The van der Waals surface area contributed by atoms with Crippen molar-refractivity contribution in [2.45, 2.75) is 39.7 Å². The van der Waals surface area contributed by atoms with Gasteiger partial charge in [-0.2, -0.15) is 5.10 Å². The number of carboxylic acids is 1. The van der Waals surface area contributed by atoms with Gasteiger partial charge in [-0.15, -0.1) is 0 Å². The van der Waals surface area contributed by atoms with Crippen LogP contribution in [-0.4, -0.2) is 53.8 Å².